The Labute approximate surface area is 169 Å². The van der Waals surface area contributed by atoms with Crippen LogP contribution in [-0.4, -0.2) is 49.0 Å². The summed E-state index contributed by atoms with van der Waals surface area (Å²) in [5.74, 6) is -0.544. The Morgan fingerprint density at radius 3 is 2.69 bits per heavy atom. The number of amides is 2. The van der Waals surface area contributed by atoms with Crippen molar-refractivity contribution in [3.63, 3.8) is 0 Å². The van der Waals surface area contributed by atoms with E-state index in [1.165, 1.54) is 12.1 Å². The number of benzene rings is 2. The van der Waals surface area contributed by atoms with Gasteiger partial charge in [0, 0.05) is 30.4 Å². The van der Waals surface area contributed by atoms with Gasteiger partial charge in [-0.2, -0.15) is 0 Å². The standard InChI is InChI=1S/C22H24FN3O3/c23-17-6-4-15(5-7-17)20-13-26(10-11-29-20)14-21(27)24-19-3-1-2-16(12-19)22(28)25-18-8-9-18/h1-7,12,18,20H,8-11,13-14H2,(H,24,27)(H,25,28)/t20-/m0/s1. The first-order valence-electron chi connectivity index (χ1n) is 9.87. The molecule has 0 bridgehead atoms. The van der Waals surface area contributed by atoms with Gasteiger partial charge in [0.05, 0.1) is 19.3 Å². The lowest BCUT2D eigenvalue weighted by molar-refractivity contribution is -0.119. The van der Waals surface area contributed by atoms with Crippen molar-refractivity contribution in [2.24, 2.45) is 0 Å². The average molecular weight is 397 g/mol. The van der Waals surface area contributed by atoms with Crippen LogP contribution < -0.4 is 10.6 Å². The Morgan fingerprint density at radius 2 is 1.93 bits per heavy atom. The van der Waals surface area contributed by atoms with Crippen LogP contribution in [0.15, 0.2) is 48.5 Å². The molecule has 2 aromatic rings. The zero-order valence-electron chi connectivity index (χ0n) is 16.1. The quantitative estimate of drug-likeness (QED) is 0.786. The molecule has 7 heteroatoms. The third kappa shape index (κ3) is 5.40. The maximum Gasteiger partial charge on any atom is 0.251 e. The smallest absolute Gasteiger partial charge is 0.251 e. The highest BCUT2D eigenvalue weighted by atomic mass is 19.1. The molecule has 4 rings (SSSR count). The molecule has 2 N–H and O–H groups in total. The van der Waals surface area contributed by atoms with Gasteiger partial charge < -0.3 is 15.4 Å². The number of anilines is 1. The lowest BCUT2D eigenvalue weighted by atomic mass is 10.1. The van der Waals surface area contributed by atoms with Crippen LogP contribution in [0.1, 0.15) is 34.9 Å². The van der Waals surface area contributed by atoms with E-state index in [0.29, 0.717) is 30.9 Å². The first-order valence-corrected chi connectivity index (χ1v) is 9.87. The number of rotatable bonds is 6. The molecule has 2 fully saturated rings. The number of carbonyl (C=O) groups excluding carboxylic acids is 2. The van der Waals surface area contributed by atoms with E-state index in [4.69, 9.17) is 4.74 Å². The van der Waals surface area contributed by atoms with Gasteiger partial charge in [0.25, 0.3) is 5.91 Å². The summed E-state index contributed by atoms with van der Waals surface area (Å²) in [6.45, 7) is 1.93. The zero-order chi connectivity index (χ0) is 20.2. The highest BCUT2D eigenvalue weighted by Crippen LogP contribution is 2.23. The summed E-state index contributed by atoms with van der Waals surface area (Å²) in [6, 6.07) is 13.5. The fraction of sp³-hybridized carbons (Fsp3) is 0.364. The van der Waals surface area contributed by atoms with Crippen LogP contribution in [0, 0.1) is 5.82 Å². The summed E-state index contributed by atoms with van der Waals surface area (Å²) < 4.78 is 18.9. The predicted molar refractivity (Wildman–Crippen MR) is 107 cm³/mol. The summed E-state index contributed by atoms with van der Waals surface area (Å²) in [5, 5.41) is 5.81. The average Bonchev–Trinajstić information content (AvgIpc) is 3.53. The van der Waals surface area contributed by atoms with Crippen LogP contribution >= 0.6 is 0 Å². The van der Waals surface area contributed by atoms with Gasteiger partial charge in [0.2, 0.25) is 5.91 Å². The molecular formula is C22H24FN3O3. The number of ether oxygens (including phenoxy) is 1. The lowest BCUT2D eigenvalue weighted by Gasteiger charge is -2.32. The van der Waals surface area contributed by atoms with Gasteiger partial charge in [-0.25, -0.2) is 4.39 Å². The fourth-order valence-corrected chi connectivity index (χ4v) is 3.36. The minimum absolute atomic E-state index is 0.112. The van der Waals surface area contributed by atoms with E-state index in [0.717, 1.165) is 18.4 Å². The lowest BCUT2D eigenvalue weighted by Crippen LogP contribution is -2.42. The topological polar surface area (TPSA) is 70.7 Å². The number of morpholine rings is 1. The van der Waals surface area contributed by atoms with Gasteiger partial charge in [-0.3, -0.25) is 14.5 Å². The SMILES string of the molecule is O=C(CN1CCO[C@H](c2ccc(F)cc2)C1)Nc1cccc(C(=O)NC2CC2)c1. The van der Waals surface area contributed by atoms with E-state index in [-0.39, 0.29) is 36.3 Å². The van der Waals surface area contributed by atoms with Crippen molar-refractivity contribution in [3.05, 3.63) is 65.5 Å². The van der Waals surface area contributed by atoms with Crippen molar-refractivity contribution in [3.8, 4) is 0 Å². The van der Waals surface area contributed by atoms with E-state index >= 15 is 0 Å². The Kier molecular flexibility index (Phi) is 5.87. The maximum absolute atomic E-state index is 13.1. The molecule has 152 valence electrons. The van der Waals surface area contributed by atoms with Crippen molar-refractivity contribution in [2.75, 3.05) is 31.6 Å². The second-order valence-electron chi connectivity index (χ2n) is 7.52. The second-order valence-corrected chi connectivity index (χ2v) is 7.52. The number of nitrogens with one attached hydrogen (secondary N) is 2. The molecule has 1 saturated carbocycles. The van der Waals surface area contributed by atoms with Gasteiger partial charge in [-0.05, 0) is 48.7 Å². The van der Waals surface area contributed by atoms with Crippen molar-refractivity contribution in [1.29, 1.82) is 0 Å². The monoisotopic (exact) mass is 397 g/mol. The van der Waals surface area contributed by atoms with E-state index in [2.05, 4.69) is 10.6 Å². The van der Waals surface area contributed by atoms with Crippen LogP contribution in [-0.2, 0) is 9.53 Å². The van der Waals surface area contributed by atoms with Gasteiger partial charge in [-0.1, -0.05) is 18.2 Å². The molecule has 0 spiro atoms. The van der Waals surface area contributed by atoms with E-state index < -0.39 is 0 Å². The Hall–Kier alpha value is -2.77. The van der Waals surface area contributed by atoms with Crippen molar-refractivity contribution in [1.82, 2.24) is 10.2 Å². The highest BCUT2D eigenvalue weighted by Gasteiger charge is 2.25. The molecule has 2 aromatic carbocycles. The fourth-order valence-electron chi connectivity index (χ4n) is 3.36. The molecule has 0 radical (unpaired) electrons. The molecule has 2 aliphatic rings. The highest BCUT2D eigenvalue weighted by molar-refractivity contribution is 5.97. The molecular weight excluding hydrogens is 373 g/mol. The van der Waals surface area contributed by atoms with Gasteiger partial charge in [0.15, 0.2) is 0 Å². The molecule has 1 atom stereocenters. The summed E-state index contributed by atoms with van der Waals surface area (Å²) in [7, 11) is 0. The van der Waals surface area contributed by atoms with Crippen LogP contribution in [0.3, 0.4) is 0 Å². The normalized spacial score (nSPS) is 19.6. The van der Waals surface area contributed by atoms with Gasteiger partial charge in [0.1, 0.15) is 5.82 Å². The number of hydrogen-bond donors (Lipinski definition) is 2. The van der Waals surface area contributed by atoms with Crippen molar-refractivity contribution < 1.29 is 18.7 Å². The summed E-state index contributed by atoms with van der Waals surface area (Å²) >= 11 is 0. The molecule has 1 saturated heterocycles. The molecule has 29 heavy (non-hydrogen) atoms. The van der Waals surface area contributed by atoms with E-state index in [1.54, 1.807) is 36.4 Å². The third-order valence-corrected chi connectivity index (χ3v) is 5.08. The number of nitrogens with zero attached hydrogens (tertiary/aromatic N) is 1. The second kappa shape index (κ2) is 8.71. The van der Waals surface area contributed by atoms with Crippen LogP contribution in [0.4, 0.5) is 10.1 Å². The third-order valence-electron chi connectivity index (χ3n) is 5.08. The first kappa shape index (κ1) is 19.5. The molecule has 1 aliphatic heterocycles. The summed E-state index contributed by atoms with van der Waals surface area (Å²) in [4.78, 5) is 26.7. The maximum atomic E-state index is 13.1. The van der Waals surface area contributed by atoms with Crippen LogP contribution in [0.5, 0.6) is 0 Å². The Balaban J connectivity index is 1.32. The largest absolute Gasteiger partial charge is 0.371 e. The number of carbonyl (C=O) groups is 2. The zero-order valence-corrected chi connectivity index (χ0v) is 16.1. The van der Waals surface area contributed by atoms with Crippen LogP contribution in [0.2, 0.25) is 0 Å². The minimum Gasteiger partial charge on any atom is -0.371 e. The first-order chi connectivity index (χ1) is 14.1. The van der Waals surface area contributed by atoms with Crippen molar-refractivity contribution >= 4 is 17.5 Å². The van der Waals surface area contributed by atoms with Crippen LogP contribution in [0.25, 0.3) is 0 Å². The number of halogens is 1. The van der Waals surface area contributed by atoms with Gasteiger partial charge >= 0.3 is 0 Å². The molecule has 2 amide bonds. The van der Waals surface area contributed by atoms with E-state index in [9.17, 15) is 14.0 Å². The van der Waals surface area contributed by atoms with Crippen molar-refractivity contribution in [2.45, 2.75) is 25.0 Å². The Bertz CT molecular complexity index is 883. The molecule has 1 aliphatic carbocycles. The molecule has 6 nitrogen and oxygen atoms in total. The molecule has 0 aromatic heterocycles. The molecule has 0 unspecified atom stereocenters. The molecule has 1 heterocycles. The van der Waals surface area contributed by atoms with E-state index in [1.807, 2.05) is 4.90 Å². The number of hydrogen-bond acceptors (Lipinski definition) is 4. The summed E-state index contributed by atoms with van der Waals surface area (Å²) in [5.41, 5.74) is 2.03. The van der Waals surface area contributed by atoms with Gasteiger partial charge in [-0.15, -0.1) is 0 Å². The Morgan fingerprint density at radius 1 is 1.14 bits per heavy atom. The minimum atomic E-state index is -0.283. The predicted octanol–water partition coefficient (Wildman–Crippen LogP) is 2.73. The summed E-state index contributed by atoms with van der Waals surface area (Å²) in [6.07, 6.45) is 1.87.